The Bertz CT molecular complexity index is 633. The van der Waals surface area contributed by atoms with E-state index in [1.165, 1.54) is 0 Å². The van der Waals surface area contributed by atoms with E-state index in [0.717, 1.165) is 47.6 Å². The van der Waals surface area contributed by atoms with Crippen molar-refractivity contribution in [3.8, 4) is 11.5 Å². The predicted octanol–water partition coefficient (Wildman–Crippen LogP) is 3.07. The van der Waals surface area contributed by atoms with E-state index in [-0.39, 0.29) is 5.38 Å². The Labute approximate surface area is 123 Å². The van der Waals surface area contributed by atoms with Crippen molar-refractivity contribution in [3.05, 3.63) is 24.4 Å². The van der Waals surface area contributed by atoms with Gasteiger partial charge < -0.3 is 14.4 Å². The summed E-state index contributed by atoms with van der Waals surface area (Å²) in [5.74, 6) is 2.41. The second-order valence-corrected chi connectivity index (χ2v) is 5.51. The van der Waals surface area contributed by atoms with Gasteiger partial charge in [0, 0.05) is 24.7 Å². The zero-order valence-corrected chi connectivity index (χ0v) is 12.4. The van der Waals surface area contributed by atoms with Crippen LogP contribution in [0.25, 0.3) is 10.8 Å². The van der Waals surface area contributed by atoms with Crippen molar-refractivity contribution in [2.24, 2.45) is 0 Å². The number of ether oxygens (including phenoxy) is 2. The number of pyridine rings is 1. The molecule has 1 aliphatic heterocycles. The van der Waals surface area contributed by atoms with Crippen molar-refractivity contribution in [1.29, 1.82) is 0 Å². The molecule has 3 rings (SSSR count). The molecule has 4 nitrogen and oxygen atoms in total. The first-order valence-electron chi connectivity index (χ1n) is 6.62. The van der Waals surface area contributed by atoms with Gasteiger partial charge >= 0.3 is 0 Å². The van der Waals surface area contributed by atoms with Gasteiger partial charge in [0.15, 0.2) is 11.5 Å². The van der Waals surface area contributed by atoms with Crippen molar-refractivity contribution < 1.29 is 9.47 Å². The summed E-state index contributed by atoms with van der Waals surface area (Å²) in [6, 6.07) is 5.95. The van der Waals surface area contributed by atoms with Gasteiger partial charge in [0.2, 0.25) is 0 Å². The summed E-state index contributed by atoms with van der Waals surface area (Å²) < 4.78 is 10.7. The Morgan fingerprint density at radius 2 is 2.00 bits per heavy atom. The van der Waals surface area contributed by atoms with Crippen molar-refractivity contribution in [2.45, 2.75) is 11.8 Å². The van der Waals surface area contributed by atoms with Gasteiger partial charge in [-0.05, 0) is 30.0 Å². The second-order valence-electron chi connectivity index (χ2n) is 4.89. The van der Waals surface area contributed by atoms with Crippen LogP contribution in [0.2, 0.25) is 0 Å². The van der Waals surface area contributed by atoms with Crippen LogP contribution in [0.5, 0.6) is 11.5 Å². The number of hydrogen-bond acceptors (Lipinski definition) is 4. The summed E-state index contributed by atoms with van der Waals surface area (Å²) in [5, 5.41) is 2.36. The normalized spacial score (nSPS) is 18.6. The number of aromatic nitrogens is 1. The summed E-state index contributed by atoms with van der Waals surface area (Å²) >= 11 is 6.20. The molecule has 2 heterocycles. The van der Waals surface area contributed by atoms with Crippen LogP contribution >= 0.6 is 11.6 Å². The molecule has 0 N–H and O–H groups in total. The third-order valence-electron chi connectivity index (χ3n) is 3.68. The van der Waals surface area contributed by atoms with Gasteiger partial charge in [0.1, 0.15) is 5.82 Å². The summed E-state index contributed by atoms with van der Waals surface area (Å²) in [6.45, 7) is 1.77. The molecule has 1 saturated heterocycles. The van der Waals surface area contributed by atoms with E-state index in [9.17, 15) is 0 Å². The van der Waals surface area contributed by atoms with Gasteiger partial charge in [-0.2, -0.15) is 0 Å². The van der Waals surface area contributed by atoms with Gasteiger partial charge in [0.05, 0.1) is 19.6 Å². The molecule has 1 atom stereocenters. The number of halogens is 1. The van der Waals surface area contributed by atoms with Gasteiger partial charge in [0.25, 0.3) is 0 Å². The van der Waals surface area contributed by atoms with E-state index in [4.69, 9.17) is 21.1 Å². The molecule has 1 aromatic carbocycles. The molecule has 0 amide bonds. The Morgan fingerprint density at radius 3 is 2.65 bits per heavy atom. The largest absolute Gasteiger partial charge is 0.493 e. The molecule has 0 bridgehead atoms. The maximum absolute atomic E-state index is 6.20. The van der Waals surface area contributed by atoms with E-state index in [2.05, 4.69) is 9.88 Å². The molecule has 1 fully saturated rings. The highest BCUT2D eigenvalue weighted by Crippen LogP contribution is 2.36. The summed E-state index contributed by atoms with van der Waals surface area (Å²) in [4.78, 5) is 6.75. The minimum atomic E-state index is 0.201. The number of alkyl halides is 1. The van der Waals surface area contributed by atoms with E-state index in [1.54, 1.807) is 14.2 Å². The van der Waals surface area contributed by atoms with E-state index < -0.39 is 0 Å². The third-order valence-corrected chi connectivity index (χ3v) is 4.03. The van der Waals surface area contributed by atoms with Crippen molar-refractivity contribution in [2.75, 3.05) is 32.2 Å². The molecule has 0 aliphatic carbocycles. The number of fused-ring (bicyclic) bond motifs is 1. The number of nitrogens with zero attached hydrogens (tertiary/aromatic N) is 2. The fourth-order valence-electron chi connectivity index (χ4n) is 2.65. The van der Waals surface area contributed by atoms with Crippen molar-refractivity contribution in [3.63, 3.8) is 0 Å². The Morgan fingerprint density at radius 1 is 1.25 bits per heavy atom. The molecular formula is C15H17ClN2O2. The number of rotatable bonds is 3. The molecule has 20 heavy (non-hydrogen) atoms. The van der Waals surface area contributed by atoms with Crippen molar-refractivity contribution in [1.82, 2.24) is 4.98 Å². The molecule has 1 unspecified atom stereocenters. The van der Waals surface area contributed by atoms with Crippen LogP contribution in [0.4, 0.5) is 5.82 Å². The lowest BCUT2D eigenvalue weighted by Gasteiger charge is -2.19. The number of methoxy groups -OCH3 is 2. The monoisotopic (exact) mass is 292 g/mol. The number of hydrogen-bond donors (Lipinski definition) is 0. The highest BCUT2D eigenvalue weighted by Gasteiger charge is 2.23. The van der Waals surface area contributed by atoms with Crippen LogP contribution in [-0.4, -0.2) is 37.7 Å². The highest BCUT2D eigenvalue weighted by atomic mass is 35.5. The van der Waals surface area contributed by atoms with Crippen LogP contribution < -0.4 is 14.4 Å². The summed E-state index contributed by atoms with van der Waals surface area (Å²) in [6.07, 6.45) is 2.82. The Kier molecular flexibility index (Phi) is 3.57. The zero-order valence-electron chi connectivity index (χ0n) is 11.6. The fourth-order valence-corrected chi connectivity index (χ4v) is 2.91. The van der Waals surface area contributed by atoms with E-state index in [1.807, 2.05) is 24.4 Å². The quantitative estimate of drug-likeness (QED) is 0.814. The lowest BCUT2D eigenvalue weighted by molar-refractivity contribution is 0.356. The van der Waals surface area contributed by atoms with Gasteiger partial charge in [-0.15, -0.1) is 11.6 Å². The average Bonchev–Trinajstić information content (AvgIpc) is 2.91. The lowest BCUT2D eigenvalue weighted by atomic mass is 10.1. The van der Waals surface area contributed by atoms with E-state index >= 15 is 0 Å². The van der Waals surface area contributed by atoms with Crippen LogP contribution in [0.3, 0.4) is 0 Å². The molecule has 2 aromatic rings. The Hall–Kier alpha value is -1.68. The SMILES string of the molecule is COc1cc2ccnc(N3CCC(Cl)C3)c2cc1OC. The van der Waals surface area contributed by atoms with Gasteiger partial charge in [-0.1, -0.05) is 0 Å². The Balaban J connectivity index is 2.13. The topological polar surface area (TPSA) is 34.6 Å². The maximum Gasteiger partial charge on any atom is 0.161 e. The van der Waals surface area contributed by atoms with Crippen LogP contribution in [0.15, 0.2) is 24.4 Å². The van der Waals surface area contributed by atoms with Crippen LogP contribution in [0.1, 0.15) is 6.42 Å². The molecule has 106 valence electrons. The smallest absolute Gasteiger partial charge is 0.161 e. The highest BCUT2D eigenvalue weighted by molar-refractivity contribution is 6.21. The predicted molar refractivity (Wildman–Crippen MR) is 81.3 cm³/mol. The third kappa shape index (κ3) is 2.24. The zero-order chi connectivity index (χ0) is 14.1. The summed E-state index contributed by atoms with van der Waals surface area (Å²) in [5.41, 5.74) is 0. The second kappa shape index (κ2) is 5.37. The molecule has 0 radical (unpaired) electrons. The number of benzene rings is 1. The fraction of sp³-hybridized carbons (Fsp3) is 0.400. The average molecular weight is 293 g/mol. The van der Waals surface area contributed by atoms with Gasteiger partial charge in [-0.25, -0.2) is 4.98 Å². The minimum Gasteiger partial charge on any atom is -0.493 e. The first kappa shape index (κ1) is 13.3. The first-order chi connectivity index (χ1) is 9.72. The molecular weight excluding hydrogens is 276 g/mol. The molecule has 0 saturated carbocycles. The standard InChI is InChI=1S/C15H17ClN2O2/c1-19-13-7-10-3-5-17-15(12(10)8-14(13)20-2)18-6-4-11(16)9-18/h3,5,7-8,11H,4,6,9H2,1-2H3. The molecule has 1 aliphatic rings. The number of anilines is 1. The molecule has 5 heteroatoms. The van der Waals surface area contributed by atoms with Crippen molar-refractivity contribution >= 4 is 28.2 Å². The van der Waals surface area contributed by atoms with Gasteiger partial charge in [-0.3, -0.25) is 0 Å². The molecule has 0 spiro atoms. The minimum absolute atomic E-state index is 0.201. The molecule has 1 aromatic heterocycles. The first-order valence-corrected chi connectivity index (χ1v) is 7.06. The maximum atomic E-state index is 6.20. The summed E-state index contributed by atoms with van der Waals surface area (Å²) in [7, 11) is 3.29. The van der Waals surface area contributed by atoms with E-state index in [0.29, 0.717) is 0 Å². The van der Waals surface area contributed by atoms with Crippen LogP contribution in [-0.2, 0) is 0 Å². The lowest BCUT2D eigenvalue weighted by Crippen LogP contribution is -2.21. The van der Waals surface area contributed by atoms with Crippen LogP contribution in [0, 0.1) is 0 Å².